The summed E-state index contributed by atoms with van der Waals surface area (Å²) in [6, 6.07) is 15.4. The Bertz CT molecular complexity index is 935. The van der Waals surface area contributed by atoms with Crippen LogP contribution in [0.2, 0.25) is 0 Å². The smallest absolute Gasteiger partial charge is 0.410 e. The molecule has 0 aliphatic carbocycles. The van der Waals surface area contributed by atoms with Gasteiger partial charge >= 0.3 is 12.1 Å². The number of benzene rings is 2. The predicted octanol–water partition coefficient (Wildman–Crippen LogP) is 4.20. The minimum atomic E-state index is -0.711. The highest BCUT2D eigenvalue weighted by Gasteiger charge is 2.44. The zero-order chi connectivity index (χ0) is 22.6. The number of esters is 1. The number of likely N-dealkylation sites (tertiary alicyclic amines) is 1. The fraction of sp³-hybridized carbons (Fsp3) is 0.375. The van der Waals surface area contributed by atoms with Crippen LogP contribution < -0.4 is 5.32 Å². The fourth-order valence-electron chi connectivity index (χ4n) is 3.71. The normalized spacial score (nSPS) is 18.4. The van der Waals surface area contributed by atoms with Gasteiger partial charge in [0.2, 0.25) is 5.91 Å². The monoisotopic (exact) mass is 424 g/mol. The van der Waals surface area contributed by atoms with Crippen LogP contribution in [0.5, 0.6) is 0 Å². The second-order valence-electron chi connectivity index (χ2n) is 8.48. The Hall–Kier alpha value is -3.35. The summed E-state index contributed by atoms with van der Waals surface area (Å²) in [5.41, 5.74) is 1.25. The Balaban J connectivity index is 1.84. The fourth-order valence-corrected chi connectivity index (χ4v) is 3.71. The molecule has 2 amide bonds. The Kier molecular flexibility index (Phi) is 6.63. The summed E-state index contributed by atoms with van der Waals surface area (Å²) in [5, 5.41) is 2.87. The molecule has 0 aromatic heterocycles. The van der Waals surface area contributed by atoms with Crippen molar-refractivity contribution < 1.29 is 23.9 Å². The number of anilines is 1. The Morgan fingerprint density at radius 2 is 1.65 bits per heavy atom. The maximum Gasteiger partial charge on any atom is 0.410 e. The van der Waals surface area contributed by atoms with Crippen LogP contribution >= 0.6 is 0 Å². The van der Waals surface area contributed by atoms with Crippen LogP contribution in [0.3, 0.4) is 0 Å². The molecule has 1 aliphatic rings. The topological polar surface area (TPSA) is 84.9 Å². The van der Waals surface area contributed by atoms with E-state index in [9.17, 15) is 14.4 Å². The van der Waals surface area contributed by atoms with E-state index in [2.05, 4.69) is 5.32 Å². The first kappa shape index (κ1) is 22.3. The van der Waals surface area contributed by atoms with Gasteiger partial charge < -0.3 is 14.8 Å². The van der Waals surface area contributed by atoms with Gasteiger partial charge in [0.05, 0.1) is 12.7 Å². The largest absolute Gasteiger partial charge is 0.465 e. The molecule has 7 heteroatoms. The molecule has 0 radical (unpaired) electrons. The number of hydrogen-bond acceptors (Lipinski definition) is 5. The maximum atomic E-state index is 13.3. The van der Waals surface area contributed by atoms with Crippen LogP contribution in [-0.2, 0) is 14.3 Å². The van der Waals surface area contributed by atoms with E-state index in [1.54, 1.807) is 45.0 Å². The number of nitrogens with one attached hydrogen (secondary N) is 1. The summed E-state index contributed by atoms with van der Waals surface area (Å²) in [6.07, 6.45) is 0.148. The molecule has 2 atom stereocenters. The molecule has 164 valence electrons. The van der Waals surface area contributed by atoms with Gasteiger partial charge in [-0.2, -0.15) is 0 Å². The predicted molar refractivity (Wildman–Crippen MR) is 117 cm³/mol. The highest BCUT2D eigenvalue weighted by molar-refractivity contribution is 5.98. The molecule has 1 aliphatic heterocycles. The Labute approximate surface area is 182 Å². The molecule has 3 rings (SSSR count). The summed E-state index contributed by atoms with van der Waals surface area (Å²) in [7, 11) is 1.31. The highest BCUT2D eigenvalue weighted by Crippen LogP contribution is 2.35. The highest BCUT2D eigenvalue weighted by atomic mass is 16.6. The van der Waals surface area contributed by atoms with Crippen molar-refractivity contribution in [3.05, 3.63) is 65.7 Å². The number of nitrogens with zero attached hydrogens (tertiary/aromatic N) is 1. The van der Waals surface area contributed by atoms with Crippen LogP contribution in [0.1, 0.15) is 49.0 Å². The second kappa shape index (κ2) is 9.20. The lowest BCUT2D eigenvalue weighted by Crippen LogP contribution is -2.47. The SMILES string of the molecule is COC(=O)c1ccc(NC(=O)[C@@H]2C(c3ccccc3)CCN2C(=O)OC(C)(C)C)cc1. The zero-order valence-electron chi connectivity index (χ0n) is 18.3. The van der Waals surface area contributed by atoms with Crippen LogP contribution in [0.15, 0.2) is 54.6 Å². The van der Waals surface area contributed by atoms with Crippen molar-refractivity contribution >= 4 is 23.7 Å². The lowest BCUT2D eigenvalue weighted by molar-refractivity contribution is -0.120. The Morgan fingerprint density at radius 3 is 2.23 bits per heavy atom. The molecule has 2 aromatic carbocycles. The maximum absolute atomic E-state index is 13.3. The van der Waals surface area contributed by atoms with E-state index in [0.29, 0.717) is 24.2 Å². The van der Waals surface area contributed by atoms with Crippen molar-refractivity contribution in [2.24, 2.45) is 0 Å². The van der Waals surface area contributed by atoms with Crippen molar-refractivity contribution in [1.82, 2.24) is 4.90 Å². The molecule has 2 aromatic rings. The molecule has 0 saturated carbocycles. The minimum Gasteiger partial charge on any atom is -0.465 e. The van der Waals surface area contributed by atoms with Crippen LogP contribution in [0.4, 0.5) is 10.5 Å². The molecule has 31 heavy (non-hydrogen) atoms. The number of carbonyl (C=O) groups is 3. The van der Waals surface area contributed by atoms with Gasteiger partial charge in [-0.1, -0.05) is 30.3 Å². The van der Waals surface area contributed by atoms with E-state index in [1.807, 2.05) is 30.3 Å². The number of amides is 2. The summed E-state index contributed by atoms with van der Waals surface area (Å²) in [6.45, 7) is 5.82. The van der Waals surface area contributed by atoms with E-state index >= 15 is 0 Å². The lowest BCUT2D eigenvalue weighted by atomic mass is 9.91. The van der Waals surface area contributed by atoms with E-state index in [4.69, 9.17) is 9.47 Å². The summed E-state index contributed by atoms with van der Waals surface area (Å²) >= 11 is 0. The summed E-state index contributed by atoms with van der Waals surface area (Å²) in [5.74, 6) is -0.903. The van der Waals surface area contributed by atoms with Gasteiger partial charge in [0.25, 0.3) is 0 Å². The van der Waals surface area contributed by atoms with Crippen molar-refractivity contribution in [3.63, 3.8) is 0 Å². The summed E-state index contributed by atoms with van der Waals surface area (Å²) < 4.78 is 10.2. The van der Waals surface area contributed by atoms with Gasteiger partial charge in [-0.15, -0.1) is 0 Å². The van der Waals surface area contributed by atoms with Crippen molar-refractivity contribution in [2.45, 2.75) is 44.8 Å². The zero-order valence-corrected chi connectivity index (χ0v) is 18.3. The van der Waals surface area contributed by atoms with Crippen molar-refractivity contribution in [1.29, 1.82) is 0 Å². The van der Waals surface area contributed by atoms with Crippen molar-refractivity contribution in [3.8, 4) is 0 Å². The standard InChI is InChI=1S/C24H28N2O5/c1-24(2,3)31-23(29)26-15-14-19(16-8-6-5-7-9-16)20(26)21(27)25-18-12-10-17(11-13-18)22(28)30-4/h5-13,19-20H,14-15H2,1-4H3,(H,25,27)/t19?,20-/m0/s1. The third-order valence-corrected chi connectivity index (χ3v) is 5.10. The summed E-state index contributed by atoms with van der Waals surface area (Å²) in [4.78, 5) is 39.3. The molecule has 1 heterocycles. The van der Waals surface area contributed by atoms with Gasteiger partial charge in [0, 0.05) is 18.2 Å². The van der Waals surface area contributed by atoms with E-state index in [1.165, 1.54) is 12.0 Å². The molecule has 0 spiro atoms. The number of carbonyl (C=O) groups excluding carboxylic acids is 3. The number of methoxy groups -OCH3 is 1. The van der Waals surface area contributed by atoms with Crippen LogP contribution in [0.25, 0.3) is 0 Å². The van der Waals surface area contributed by atoms with Gasteiger partial charge in [0.15, 0.2) is 0 Å². The third kappa shape index (κ3) is 5.42. The Morgan fingerprint density at radius 1 is 1.00 bits per heavy atom. The van der Waals surface area contributed by atoms with Gasteiger partial charge in [-0.05, 0) is 57.0 Å². The van der Waals surface area contributed by atoms with E-state index < -0.39 is 23.7 Å². The number of ether oxygens (including phenoxy) is 2. The van der Waals surface area contributed by atoms with E-state index in [-0.39, 0.29) is 11.8 Å². The average Bonchev–Trinajstić information content (AvgIpc) is 3.19. The first-order chi connectivity index (χ1) is 14.7. The van der Waals surface area contributed by atoms with Crippen LogP contribution in [-0.4, -0.2) is 48.2 Å². The molecule has 1 unspecified atom stereocenters. The average molecular weight is 424 g/mol. The van der Waals surface area contributed by atoms with Gasteiger partial charge in [-0.3, -0.25) is 9.69 Å². The van der Waals surface area contributed by atoms with Gasteiger partial charge in [0.1, 0.15) is 11.6 Å². The lowest BCUT2D eigenvalue weighted by Gasteiger charge is -2.30. The molecule has 7 nitrogen and oxygen atoms in total. The minimum absolute atomic E-state index is 0.150. The number of rotatable bonds is 4. The molecular weight excluding hydrogens is 396 g/mol. The molecule has 1 fully saturated rings. The van der Waals surface area contributed by atoms with Crippen LogP contribution in [0, 0.1) is 0 Å². The second-order valence-corrected chi connectivity index (χ2v) is 8.48. The first-order valence-corrected chi connectivity index (χ1v) is 10.2. The molecule has 1 saturated heterocycles. The van der Waals surface area contributed by atoms with Gasteiger partial charge in [-0.25, -0.2) is 9.59 Å². The van der Waals surface area contributed by atoms with Crippen molar-refractivity contribution in [2.75, 3.05) is 19.0 Å². The quantitative estimate of drug-likeness (QED) is 0.744. The van der Waals surface area contributed by atoms with E-state index in [0.717, 1.165) is 5.56 Å². The molecule has 1 N–H and O–H groups in total. The third-order valence-electron chi connectivity index (χ3n) is 5.10. The molecular formula is C24H28N2O5. The number of hydrogen-bond donors (Lipinski definition) is 1. The molecule has 0 bridgehead atoms. The first-order valence-electron chi connectivity index (χ1n) is 10.2.